The zero-order valence-corrected chi connectivity index (χ0v) is 8.95. The summed E-state index contributed by atoms with van der Waals surface area (Å²) in [5, 5.41) is 7.96. The lowest BCUT2D eigenvalue weighted by atomic mass is 10.4. The quantitative estimate of drug-likeness (QED) is 0.735. The molecular weight excluding hydrogens is 212 g/mol. The third-order valence-electron chi connectivity index (χ3n) is 1.66. The lowest BCUT2D eigenvalue weighted by Crippen LogP contribution is -2.00. The van der Waals surface area contributed by atoms with Crippen molar-refractivity contribution in [1.29, 1.82) is 0 Å². The Kier molecular flexibility index (Phi) is 2.93. The van der Waals surface area contributed by atoms with Gasteiger partial charge >= 0.3 is 0 Å². The number of aromatic nitrogens is 5. The normalized spacial score (nSPS) is 10.5. The molecule has 0 aliphatic heterocycles. The topological polar surface area (TPSA) is 93.4 Å². The van der Waals surface area contributed by atoms with Crippen molar-refractivity contribution in [2.24, 2.45) is 5.73 Å². The average Bonchev–Trinajstić information content (AvgIpc) is 2.64. The first-order valence-corrected chi connectivity index (χ1v) is 5.18. The standard InChI is InChI=1S/C8H10N6S/c1-5-11-8(14-13-5)15-7-10-3-2-6(4-9)12-7/h2-3H,4,9H2,1H3,(H,11,13,14). The zero-order valence-electron chi connectivity index (χ0n) is 8.14. The molecule has 15 heavy (non-hydrogen) atoms. The first-order valence-electron chi connectivity index (χ1n) is 4.37. The minimum Gasteiger partial charge on any atom is -0.325 e. The number of hydrogen-bond acceptors (Lipinski definition) is 6. The molecule has 0 unspecified atom stereocenters. The van der Waals surface area contributed by atoms with Crippen LogP contribution in [0.1, 0.15) is 11.5 Å². The maximum Gasteiger partial charge on any atom is 0.216 e. The summed E-state index contributed by atoms with van der Waals surface area (Å²) >= 11 is 1.31. The number of aromatic amines is 1. The molecular formula is C8H10N6S. The number of H-pyrrole nitrogens is 1. The van der Waals surface area contributed by atoms with Crippen LogP contribution in [0.5, 0.6) is 0 Å². The molecule has 0 radical (unpaired) electrons. The van der Waals surface area contributed by atoms with Gasteiger partial charge in [0.15, 0.2) is 5.16 Å². The highest BCUT2D eigenvalue weighted by atomic mass is 32.2. The number of nitrogens with two attached hydrogens (primary N) is 1. The Hall–Kier alpha value is -1.47. The maximum atomic E-state index is 5.48. The largest absolute Gasteiger partial charge is 0.325 e. The van der Waals surface area contributed by atoms with E-state index in [9.17, 15) is 0 Å². The second kappa shape index (κ2) is 4.37. The third kappa shape index (κ3) is 2.51. The van der Waals surface area contributed by atoms with E-state index in [4.69, 9.17) is 5.73 Å². The Morgan fingerprint density at radius 3 is 2.93 bits per heavy atom. The second-order valence-electron chi connectivity index (χ2n) is 2.84. The molecule has 2 heterocycles. The van der Waals surface area contributed by atoms with Gasteiger partial charge in [-0.2, -0.15) is 0 Å². The van der Waals surface area contributed by atoms with Crippen LogP contribution in [0.25, 0.3) is 0 Å². The number of nitrogens with one attached hydrogen (secondary N) is 1. The molecule has 3 N–H and O–H groups in total. The highest BCUT2D eigenvalue weighted by Crippen LogP contribution is 2.19. The predicted molar refractivity (Wildman–Crippen MR) is 55.2 cm³/mol. The zero-order chi connectivity index (χ0) is 10.7. The number of rotatable bonds is 3. The van der Waals surface area contributed by atoms with Crippen molar-refractivity contribution >= 4 is 11.8 Å². The van der Waals surface area contributed by atoms with Gasteiger partial charge in [-0.1, -0.05) is 0 Å². The highest BCUT2D eigenvalue weighted by Gasteiger charge is 2.05. The monoisotopic (exact) mass is 222 g/mol. The summed E-state index contributed by atoms with van der Waals surface area (Å²) in [4.78, 5) is 12.5. The van der Waals surface area contributed by atoms with Crippen molar-refractivity contribution in [1.82, 2.24) is 25.1 Å². The molecule has 0 fully saturated rings. The van der Waals surface area contributed by atoms with Gasteiger partial charge in [0.2, 0.25) is 5.16 Å². The molecule has 78 valence electrons. The van der Waals surface area contributed by atoms with E-state index in [0.717, 1.165) is 11.5 Å². The third-order valence-corrected chi connectivity index (χ3v) is 2.40. The maximum absolute atomic E-state index is 5.48. The molecule has 7 heteroatoms. The van der Waals surface area contributed by atoms with Crippen molar-refractivity contribution in [3.63, 3.8) is 0 Å². The molecule has 0 bridgehead atoms. The van der Waals surface area contributed by atoms with Gasteiger partial charge in [-0.15, -0.1) is 5.10 Å². The molecule has 6 nitrogen and oxygen atoms in total. The molecule has 2 aromatic heterocycles. The molecule has 0 spiro atoms. The molecule has 2 aromatic rings. The Balaban J connectivity index is 2.16. The highest BCUT2D eigenvalue weighted by molar-refractivity contribution is 7.99. The van der Waals surface area contributed by atoms with Crippen molar-refractivity contribution in [2.45, 2.75) is 23.8 Å². The molecule has 0 aliphatic carbocycles. The van der Waals surface area contributed by atoms with Crippen molar-refractivity contribution < 1.29 is 0 Å². The van der Waals surface area contributed by atoms with E-state index < -0.39 is 0 Å². The molecule has 0 aromatic carbocycles. The number of nitrogens with zero attached hydrogens (tertiary/aromatic N) is 4. The van der Waals surface area contributed by atoms with Crippen LogP contribution in [0.2, 0.25) is 0 Å². The summed E-state index contributed by atoms with van der Waals surface area (Å²) in [7, 11) is 0. The predicted octanol–water partition coefficient (Wildman–Crippen LogP) is 0.513. The second-order valence-corrected chi connectivity index (χ2v) is 3.77. The number of aryl methyl sites for hydroxylation is 1. The van der Waals surface area contributed by atoms with Crippen LogP contribution in [-0.4, -0.2) is 25.1 Å². The molecule has 0 saturated carbocycles. The molecule has 0 amide bonds. The van der Waals surface area contributed by atoms with Crippen LogP contribution >= 0.6 is 11.8 Å². The Morgan fingerprint density at radius 2 is 2.27 bits per heavy atom. The molecule has 2 rings (SSSR count). The fourth-order valence-electron chi connectivity index (χ4n) is 0.988. The average molecular weight is 222 g/mol. The van der Waals surface area contributed by atoms with Crippen molar-refractivity contribution in [2.75, 3.05) is 0 Å². The first kappa shape index (κ1) is 10.1. The summed E-state index contributed by atoms with van der Waals surface area (Å²) in [6, 6.07) is 1.79. The molecule has 0 aliphatic rings. The summed E-state index contributed by atoms with van der Waals surface area (Å²) < 4.78 is 0. The van der Waals surface area contributed by atoms with Gasteiger partial charge in [-0.05, 0) is 24.8 Å². The summed E-state index contributed by atoms with van der Waals surface area (Å²) in [6.45, 7) is 2.25. The van der Waals surface area contributed by atoms with Crippen LogP contribution in [0.3, 0.4) is 0 Å². The van der Waals surface area contributed by atoms with Gasteiger partial charge in [-0.25, -0.2) is 15.0 Å². The van der Waals surface area contributed by atoms with Crippen LogP contribution in [0, 0.1) is 6.92 Å². The van der Waals surface area contributed by atoms with Gasteiger partial charge in [-0.3, -0.25) is 5.10 Å². The van der Waals surface area contributed by atoms with Crippen molar-refractivity contribution in [3.05, 3.63) is 23.8 Å². The SMILES string of the molecule is Cc1nc(Sc2nccc(CN)n2)n[nH]1. The van der Waals surface area contributed by atoms with Crippen molar-refractivity contribution in [3.8, 4) is 0 Å². The van der Waals surface area contributed by atoms with E-state index in [1.165, 1.54) is 11.8 Å². The van der Waals surface area contributed by atoms with Crippen LogP contribution < -0.4 is 5.73 Å². The summed E-state index contributed by atoms with van der Waals surface area (Å²) in [6.07, 6.45) is 1.68. The van der Waals surface area contributed by atoms with E-state index in [1.54, 1.807) is 12.3 Å². The molecule has 0 atom stereocenters. The van der Waals surface area contributed by atoms with Gasteiger partial charge < -0.3 is 5.73 Å². The van der Waals surface area contributed by atoms with Gasteiger partial charge in [0.1, 0.15) is 5.82 Å². The molecule has 0 saturated heterocycles. The lowest BCUT2D eigenvalue weighted by Gasteiger charge is -1.97. The minimum atomic E-state index is 0.406. The van der Waals surface area contributed by atoms with Crippen LogP contribution in [0.4, 0.5) is 0 Å². The fourth-order valence-corrected chi connectivity index (χ4v) is 1.70. The summed E-state index contributed by atoms with van der Waals surface area (Å²) in [5.74, 6) is 0.771. The number of hydrogen-bond donors (Lipinski definition) is 2. The Labute approximate surface area is 90.7 Å². The van der Waals surface area contributed by atoms with E-state index in [1.807, 2.05) is 6.92 Å². The fraction of sp³-hybridized carbons (Fsp3) is 0.250. The van der Waals surface area contributed by atoms with E-state index in [2.05, 4.69) is 25.1 Å². The first-order chi connectivity index (χ1) is 7.28. The minimum absolute atomic E-state index is 0.406. The van der Waals surface area contributed by atoms with Crippen LogP contribution in [-0.2, 0) is 6.54 Å². The van der Waals surface area contributed by atoms with E-state index in [0.29, 0.717) is 16.9 Å². The summed E-state index contributed by atoms with van der Waals surface area (Å²) in [5.41, 5.74) is 6.28. The lowest BCUT2D eigenvalue weighted by molar-refractivity contribution is 0.867. The Morgan fingerprint density at radius 1 is 1.40 bits per heavy atom. The van der Waals surface area contributed by atoms with Gasteiger partial charge in [0, 0.05) is 12.7 Å². The smallest absolute Gasteiger partial charge is 0.216 e. The van der Waals surface area contributed by atoms with Gasteiger partial charge in [0.05, 0.1) is 5.69 Å². The van der Waals surface area contributed by atoms with Crippen LogP contribution in [0.15, 0.2) is 22.6 Å². The van der Waals surface area contributed by atoms with Gasteiger partial charge in [0.25, 0.3) is 0 Å². The van der Waals surface area contributed by atoms with E-state index >= 15 is 0 Å². The van der Waals surface area contributed by atoms with E-state index in [-0.39, 0.29) is 0 Å². The Bertz CT molecular complexity index is 454.